The molecule has 1 heterocycles. The van der Waals surface area contributed by atoms with E-state index >= 15 is 0 Å². The van der Waals surface area contributed by atoms with Crippen molar-refractivity contribution in [1.82, 2.24) is 0 Å². The molecule has 0 aliphatic rings. The number of hydrogen-bond acceptors (Lipinski definition) is 4. The van der Waals surface area contributed by atoms with Gasteiger partial charge >= 0.3 is 6.09 Å². The zero-order valence-electron chi connectivity index (χ0n) is 9.97. The second-order valence-corrected chi connectivity index (χ2v) is 4.66. The smallest absolute Gasteiger partial charge is 0.411 e. The van der Waals surface area contributed by atoms with Crippen LogP contribution in [0, 0.1) is 0 Å². The van der Waals surface area contributed by atoms with E-state index in [4.69, 9.17) is 0 Å². The highest BCUT2D eigenvalue weighted by molar-refractivity contribution is 7.09. The normalized spacial score (nSPS) is 9.83. The minimum absolute atomic E-state index is 0.467. The summed E-state index contributed by atoms with van der Waals surface area (Å²) in [4.78, 5) is 12.4. The van der Waals surface area contributed by atoms with Crippen molar-refractivity contribution in [1.29, 1.82) is 0 Å². The van der Waals surface area contributed by atoms with Crippen molar-refractivity contribution in [2.24, 2.45) is 0 Å². The zero-order valence-corrected chi connectivity index (χ0v) is 10.8. The molecule has 0 aliphatic heterocycles. The van der Waals surface area contributed by atoms with Gasteiger partial charge in [0.2, 0.25) is 0 Å². The van der Waals surface area contributed by atoms with Crippen LogP contribution in [-0.2, 0) is 11.3 Å². The van der Waals surface area contributed by atoms with E-state index < -0.39 is 6.09 Å². The van der Waals surface area contributed by atoms with E-state index in [1.807, 2.05) is 35.7 Å². The van der Waals surface area contributed by atoms with Crippen LogP contribution in [0.5, 0.6) is 0 Å². The molecule has 0 atom stereocenters. The first-order valence-electron chi connectivity index (χ1n) is 5.49. The van der Waals surface area contributed by atoms with Gasteiger partial charge < -0.3 is 10.1 Å². The van der Waals surface area contributed by atoms with Gasteiger partial charge in [-0.05, 0) is 29.6 Å². The lowest BCUT2D eigenvalue weighted by Crippen LogP contribution is -2.11. The lowest BCUT2D eigenvalue weighted by Gasteiger charge is -2.08. The topological polar surface area (TPSA) is 50.4 Å². The van der Waals surface area contributed by atoms with Gasteiger partial charge in [-0.3, -0.25) is 5.32 Å². The number of carbonyl (C=O) groups is 1. The molecule has 1 aromatic heterocycles. The highest BCUT2D eigenvalue weighted by atomic mass is 32.1. The van der Waals surface area contributed by atoms with E-state index in [1.165, 1.54) is 12.0 Å². The first-order chi connectivity index (χ1) is 8.78. The molecule has 0 saturated heterocycles. The Morgan fingerprint density at radius 3 is 2.83 bits per heavy atom. The number of carbonyl (C=O) groups excluding carboxylic acids is 1. The number of anilines is 2. The number of hydrogen-bond donors (Lipinski definition) is 2. The van der Waals surface area contributed by atoms with E-state index in [-0.39, 0.29) is 0 Å². The number of nitrogens with one attached hydrogen (secondary N) is 2. The van der Waals surface area contributed by atoms with Crippen LogP contribution < -0.4 is 10.6 Å². The average molecular weight is 262 g/mol. The molecule has 0 saturated carbocycles. The summed E-state index contributed by atoms with van der Waals surface area (Å²) in [5, 5.41) is 7.97. The SMILES string of the molecule is COC(=O)Nc1cccc(NCc2cccs2)c1. The molecule has 0 unspecified atom stereocenters. The summed E-state index contributed by atoms with van der Waals surface area (Å²) in [5.41, 5.74) is 1.66. The molecule has 4 nitrogen and oxygen atoms in total. The van der Waals surface area contributed by atoms with Gasteiger partial charge in [0.25, 0.3) is 0 Å². The van der Waals surface area contributed by atoms with Crippen molar-refractivity contribution >= 4 is 28.8 Å². The molecule has 18 heavy (non-hydrogen) atoms. The largest absolute Gasteiger partial charge is 0.453 e. The van der Waals surface area contributed by atoms with Gasteiger partial charge in [-0.25, -0.2) is 4.79 Å². The van der Waals surface area contributed by atoms with Gasteiger partial charge in [0.05, 0.1) is 7.11 Å². The lowest BCUT2D eigenvalue weighted by atomic mass is 10.2. The Morgan fingerprint density at radius 1 is 1.28 bits per heavy atom. The number of rotatable bonds is 4. The van der Waals surface area contributed by atoms with Gasteiger partial charge in [-0.1, -0.05) is 12.1 Å². The van der Waals surface area contributed by atoms with Crippen LogP contribution in [0.1, 0.15) is 4.88 Å². The summed E-state index contributed by atoms with van der Waals surface area (Å²) in [7, 11) is 1.34. The molecule has 2 N–H and O–H groups in total. The monoisotopic (exact) mass is 262 g/mol. The van der Waals surface area contributed by atoms with Crippen LogP contribution in [0.25, 0.3) is 0 Å². The Balaban J connectivity index is 1.96. The van der Waals surface area contributed by atoms with E-state index in [9.17, 15) is 4.79 Å². The fourth-order valence-corrected chi connectivity index (χ4v) is 2.12. The summed E-state index contributed by atoms with van der Waals surface area (Å²) in [6.07, 6.45) is -0.467. The molecular weight excluding hydrogens is 248 g/mol. The van der Waals surface area contributed by atoms with Crippen molar-refractivity contribution in [2.45, 2.75) is 6.54 Å². The molecule has 94 valence electrons. The number of methoxy groups -OCH3 is 1. The predicted octanol–water partition coefficient (Wildman–Crippen LogP) is 3.54. The Kier molecular flexibility index (Phi) is 4.20. The van der Waals surface area contributed by atoms with E-state index in [0.717, 1.165) is 12.2 Å². The third-order valence-corrected chi connectivity index (χ3v) is 3.22. The summed E-state index contributed by atoms with van der Waals surface area (Å²) in [6.45, 7) is 0.777. The van der Waals surface area contributed by atoms with Gasteiger partial charge in [-0.15, -0.1) is 11.3 Å². The predicted molar refractivity (Wildman–Crippen MR) is 74.1 cm³/mol. The van der Waals surface area contributed by atoms with Crippen LogP contribution in [-0.4, -0.2) is 13.2 Å². The first kappa shape index (κ1) is 12.4. The third kappa shape index (κ3) is 3.49. The molecule has 2 aromatic rings. The standard InChI is InChI=1S/C13H14N2O2S/c1-17-13(16)15-11-5-2-4-10(8-11)14-9-12-6-3-7-18-12/h2-8,14H,9H2,1H3,(H,15,16). The maximum atomic E-state index is 11.1. The minimum atomic E-state index is -0.467. The maximum Gasteiger partial charge on any atom is 0.411 e. The molecule has 0 spiro atoms. The maximum absolute atomic E-state index is 11.1. The van der Waals surface area contributed by atoms with Gasteiger partial charge in [0, 0.05) is 22.8 Å². The van der Waals surface area contributed by atoms with E-state index in [0.29, 0.717) is 5.69 Å². The number of benzene rings is 1. The Hall–Kier alpha value is -2.01. The van der Waals surface area contributed by atoms with Crippen molar-refractivity contribution in [3.8, 4) is 0 Å². The molecule has 0 fully saturated rings. The second-order valence-electron chi connectivity index (χ2n) is 3.63. The highest BCUT2D eigenvalue weighted by Gasteiger charge is 2.01. The Morgan fingerprint density at radius 2 is 2.11 bits per heavy atom. The van der Waals surface area contributed by atoms with Crippen molar-refractivity contribution in [2.75, 3.05) is 17.7 Å². The van der Waals surface area contributed by atoms with E-state index in [1.54, 1.807) is 11.3 Å². The average Bonchev–Trinajstić information content (AvgIpc) is 2.90. The number of amides is 1. The van der Waals surface area contributed by atoms with Crippen LogP contribution in [0.15, 0.2) is 41.8 Å². The lowest BCUT2D eigenvalue weighted by molar-refractivity contribution is 0.187. The quantitative estimate of drug-likeness (QED) is 0.886. The molecule has 0 aliphatic carbocycles. The number of ether oxygens (including phenoxy) is 1. The Labute approximate surface area is 110 Å². The van der Waals surface area contributed by atoms with Gasteiger partial charge in [0.15, 0.2) is 0 Å². The van der Waals surface area contributed by atoms with Crippen molar-refractivity contribution in [3.63, 3.8) is 0 Å². The highest BCUT2D eigenvalue weighted by Crippen LogP contribution is 2.17. The zero-order chi connectivity index (χ0) is 12.8. The second kappa shape index (κ2) is 6.07. The molecule has 1 aromatic carbocycles. The summed E-state index contributed by atoms with van der Waals surface area (Å²) >= 11 is 1.71. The molecule has 1 amide bonds. The molecule has 0 bridgehead atoms. The third-order valence-electron chi connectivity index (χ3n) is 2.34. The van der Waals surface area contributed by atoms with Gasteiger partial charge in [-0.2, -0.15) is 0 Å². The van der Waals surface area contributed by atoms with Crippen LogP contribution in [0.4, 0.5) is 16.2 Å². The Bertz CT molecular complexity index is 511. The van der Waals surface area contributed by atoms with Crippen LogP contribution in [0.2, 0.25) is 0 Å². The fraction of sp³-hybridized carbons (Fsp3) is 0.154. The molecular formula is C13H14N2O2S. The van der Waals surface area contributed by atoms with Crippen molar-refractivity contribution < 1.29 is 9.53 Å². The van der Waals surface area contributed by atoms with Crippen molar-refractivity contribution in [3.05, 3.63) is 46.7 Å². The fourth-order valence-electron chi connectivity index (χ4n) is 1.48. The van der Waals surface area contributed by atoms with Crippen LogP contribution in [0.3, 0.4) is 0 Å². The molecule has 0 radical (unpaired) electrons. The van der Waals surface area contributed by atoms with E-state index in [2.05, 4.69) is 21.4 Å². The van der Waals surface area contributed by atoms with Crippen LogP contribution >= 0.6 is 11.3 Å². The summed E-state index contributed by atoms with van der Waals surface area (Å²) in [5.74, 6) is 0. The minimum Gasteiger partial charge on any atom is -0.453 e. The first-order valence-corrected chi connectivity index (χ1v) is 6.37. The molecule has 2 rings (SSSR count). The molecule has 5 heteroatoms. The summed E-state index contributed by atoms with van der Waals surface area (Å²) in [6, 6.07) is 11.6. The summed E-state index contributed by atoms with van der Waals surface area (Å²) < 4.78 is 4.54. The van der Waals surface area contributed by atoms with Gasteiger partial charge in [0.1, 0.15) is 0 Å². The number of thiophene rings is 1.